The van der Waals surface area contributed by atoms with E-state index in [1.807, 2.05) is 30.3 Å². The molecule has 0 aromatic heterocycles. The van der Waals surface area contributed by atoms with Crippen LogP contribution in [0.1, 0.15) is 23.0 Å². The van der Waals surface area contributed by atoms with Gasteiger partial charge >= 0.3 is 0 Å². The third-order valence-corrected chi connectivity index (χ3v) is 6.37. The Labute approximate surface area is 208 Å². The number of hydrogen-bond donors (Lipinski definition) is 0. The third-order valence-electron chi connectivity index (χ3n) is 6.37. The molecule has 3 aromatic rings. The summed E-state index contributed by atoms with van der Waals surface area (Å²) in [6.45, 7) is 0.191. The largest absolute Gasteiger partial charge is 0.368 e. The van der Waals surface area contributed by atoms with E-state index in [-0.39, 0.29) is 31.5 Å². The summed E-state index contributed by atoms with van der Waals surface area (Å²) in [7, 11) is 1.50. The van der Waals surface area contributed by atoms with Crippen LogP contribution < -0.4 is 0 Å². The van der Waals surface area contributed by atoms with E-state index >= 15 is 0 Å². The Balaban J connectivity index is 1.41. The van der Waals surface area contributed by atoms with Gasteiger partial charge in [-0.3, -0.25) is 0 Å². The van der Waals surface area contributed by atoms with E-state index < -0.39 is 37.0 Å². The molecule has 2 fully saturated rings. The van der Waals surface area contributed by atoms with Crippen molar-refractivity contribution in [1.29, 1.82) is 0 Å². The van der Waals surface area contributed by atoms with Crippen molar-refractivity contribution in [2.75, 3.05) is 13.7 Å². The minimum absolute atomic E-state index is 0.0171. The first-order valence-electron chi connectivity index (χ1n) is 11.8. The van der Waals surface area contributed by atoms with Crippen LogP contribution in [-0.2, 0) is 41.6 Å². The van der Waals surface area contributed by atoms with Gasteiger partial charge in [0.25, 0.3) is 0 Å². The molecule has 0 radical (unpaired) electrons. The molecule has 5 rings (SSSR count). The zero-order valence-electron chi connectivity index (χ0n) is 19.8. The van der Waals surface area contributed by atoms with E-state index in [0.29, 0.717) is 11.1 Å². The molecular formula is C28H28F2O6. The fourth-order valence-corrected chi connectivity index (χ4v) is 4.48. The second-order valence-corrected chi connectivity index (χ2v) is 8.69. The van der Waals surface area contributed by atoms with Crippen LogP contribution in [0.15, 0.2) is 78.9 Å². The second-order valence-electron chi connectivity index (χ2n) is 8.69. The lowest BCUT2D eigenvalue weighted by molar-refractivity contribution is -0.369. The van der Waals surface area contributed by atoms with Crippen LogP contribution in [0.3, 0.4) is 0 Å². The van der Waals surface area contributed by atoms with Gasteiger partial charge in [0.2, 0.25) is 0 Å². The smallest absolute Gasteiger partial charge is 0.186 e. The highest BCUT2D eigenvalue weighted by Gasteiger charge is 2.51. The Bertz CT molecular complexity index is 1130. The SMILES string of the molecule is CO[C@H]1O[C@@H]2COC(c3ccccc3)O[C@H]2[C@H](OCc2ccccc2F)[C@H]1OCc1ccccc1F. The van der Waals surface area contributed by atoms with E-state index in [4.69, 9.17) is 28.4 Å². The van der Waals surface area contributed by atoms with E-state index in [0.717, 1.165) is 5.56 Å². The van der Waals surface area contributed by atoms with Crippen molar-refractivity contribution in [2.45, 2.75) is 50.2 Å². The molecule has 0 bridgehead atoms. The third kappa shape index (κ3) is 5.49. The van der Waals surface area contributed by atoms with Crippen LogP contribution in [0, 0.1) is 11.6 Å². The van der Waals surface area contributed by atoms with Gasteiger partial charge in [-0.25, -0.2) is 8.78 Å². The molecule has 6 nitrogen and oxygen atoms in total. The Morgan fingerprint density at radius 3 is 1.94 bits per heavy atom. The number of benzene rings is 3. The van der Waals surface area contributed by atoms with Gasteiger partial charge in [-0.1, -0.05) is 66.7 Å². The van der Waals surface area contributed by atoms with Gasteiger partial charge < -0.3 is 28.4 Å². The van der Waals surface area contributed by atoms with Crippen molar-refractivity contribution in [3.05, 3.63) is 107 Å². The first-order valence-corrected chi connectivity index (χ1v) is 11.8. The monoisotopic (exact) mass is 498 g/mol. The van der Waals surface area contributed by atoms with Crippen LogP contribution in [0.4, 0.5) is 8.78 Å². The fourth-order valence-electron chi connectivity index (χ4n) is 4.48. The standard InChI is InChI=1S/C28H28F2O6/c1-31-28-26(33-16-20-12-6-8-14-22(20)30)25(32-15-19-11-5-7-13-21(19)29)24-23(35-28)17-34-27(36-24)18-9-3-2-4-10-18/h2-14,23-28H,15-17H2,1H3/t23-,24-,25+,26-,27?,28+/m1/s1. The Morgan fingerprint density at radius 1 is 0.750 bits per heavy atom. The number of fused-ring (bicyclic) bond motifs is 1. The highest BCUT2D eigenvalue weighted by Crippen LogP contribution is 2.37. The van der Waals surface area contributed by atoms with Crippen LogP contribution in [0.25, 0.3) is 0 Å². The molecule has 8 heteroatoms. The lowest BCUT2D eigenvalue weighted by Gasteiger charge is -2.48. The van der Waals surface area contributed by atoms with Gasteiger partial charge in [0.05, 0.1) is 19.8 Å². The summed E-state index contributed by atoms with van der Waals surface area (Å²) in [5, 5.41) is 0. The molecule has 2 aliphatic heterocycles. The molecular weight excluding hydrogens is 470 g/mol. The molecule has 36 heavy (non-hydrogen) atoms. The normalized spacial score (nSPS) is 28.0. The maximum absolute atomic E-state index is 14.4. The van der Waals surface area contributed by atoms with E-state index in [1.54, 1.807) is 36.4 Å². The molecule has 0 saturated carbocycles. The lowest BCUT2D eigenvalue weighted by Crippen LogP contribution is -2.63. The van der Waals surface area contributed by atoms with Gasteiger partial charge in [-0.2, -0.15) is 0 Å². The minimum atomic E-state index is -0.830. The van der Waals surface area contributed by atoms with Gasteiger partial charge in [0.1, 0.15) is 36.1 Å². The summed E-state index contributed by atoms with van der Waals surface area (Å²) >= 11 is 0. The number of halogens is 2. The van der Waals surface area contributed by atoms with Crippen LogP contribution in [-0.4, -0.2) is 44.4 Å². The Morgan fingerprint density at radius 2 is 1.33 bits per heavy atom. The molecule has 3 aromatic carbocycles. The van der Waals surface area contributed by atoms with Gasteiger partial charge in [-0.05, 0) is 12.1 Å². The summed E-state index contributed by atoms with van der Waals surface area (Å²) in [4.78, 5) is 0. The van der Waals surface area contributed by atoms with E-state index in [9.17, 15) is 8.78 Å². The molecule has 2 saturated heterocycles. The van der Waals surface area contributed by atoms with Crippen molar-refractivity contribution < 1.29 is 37.2 Å². The molecule has 0 amide bonds. The predicted octanol–water partition coefficient (Wildman–Crippen LogP) is 4.92. The molecule has 190 valence electrons. The van der Waals surface area contributed by atoms with Crippen LogP contribution in [0.5, 0.6) is 0 Å². The molecule has 1 unspecified atom stereocenters. The van der Waals surface area contributed by atoms with Crippen molar-refractivity contribution in [3.63, 3.8) is 0 Å². The predicted molar refractivity (Wildman–Crippen MR) is 126 cm³/mol. The molecule has 0 aliphatic carbocycles. The van der Waals surface area contributed by atoms with Crippen molar-refractivity contribution in [3.8, 4) is 0 Å². The summed E-state index contributed by atoms with van der Waals surface area (Å²) in [6, 6.07) is 22.3. The lowest BCUT2D eigenvalue weighted by atomic mass is 9.97. The summed E-state index contributed by atoms with van der Waals surface area (Å²) in [5.41, 5.74) is 1.63. The molecule has 0 N–H and O–H groups in total. The summed E-state index contributed by atoms with van der Waals surface area (Å²) in [6.07, 6.45) is -4.07. The first kappa shape index (κ1) is 25.0. The highest BCUT2D eigenvalue weighted by atomic mass is 19.1. The number of hydrogen-bond acceptors (Lipinski definition) is 6. The Hall–Kier alpha value is -2.72. The zero-order chi connectivity index (χ0) is 24.9. The zero-order valence-corrected chi connectivity index (χ0v) is 19.8. The molecule has 0 spiro atoms. The van der Waals surface area contributed by atoms with Gasteiger partial charge in [0, 0.05) is 23.8 Å². The number of methoxy groups -OCH3 is 1. The molecule has 6 atom stereocenters. The minimum Gasteiger partial charge on any atom is -0.368 e. The maximum Gasteiger partial charge on any atom is 0.186 e. The Kier molecular flexibility index (Phi) is 8.01. The molecule has 2 heterocycles. The fraction of sp³-hybridized carbons (Fsp3) is 0.357. The quantitative estimate of drug-likeness (QED) is 0.440. The first-order chi connectivity index (χ1) is 17.6. The second kappa shape index (κ2) is 11.6. The van der Waals surface area contributed by atoms with Crippen LogP contribution >= 0.6 is 0 Å². The topological polar surface area (TPSA) is 55.4 Å². The summed E-state index contributed by atoms with van der Waals surface area (Å²) in [5.74, 6) is -0.750. The van der Waals surface area contributed by atoms with E-state index in [1.165, 1.54) is 19.2 Å². The molecule has 2 aliphatic rings. The number of ether oxygens (including phenoxy) is 6. The number of rotatable bonds is 8. The van der Waals surface area contributed by atoms with Crippen LogP contribution in [0.2, 0.25) is 0 Å². The van der Waals surface area contributed by atoms with Crippen molar-refractivity contribution in [2.24, 2.45) is 0 Å². The summed E-state index contributed by atoms with van der Waals surface area (Å²) < 4.78 is 65.0. The van der Waals surface area contributed by atoms with Crippen molar-refractivity contribution in [1.82, 2.24) is 0 Å². The average Bonchev–Trinajstić information content (AvgIpc) is 2.92. The average molecular weight is 499 g/mol. The maximum atomic E-state index is 14.4. The van der Waals surface area contributed by atoms with Crippen molar-refractivity contribution >= 4 is 0 Å². The van der Waals surface area contributed by atoms with Gasteiger partial charge in [-0.15, -0.1) is 0 Å². The highest BCUT2D eigenvalue weighted by molar-refractivity contribution is 5.18. The van der Waals surface area contributed by atoms with Gasteiger partial charge in [0.15, 0.2) is 12.6 Å². The van der Waals surface area contributed by atoms with E-state index in [2.05, 4.69) is 0 Å².